The number of nitrogens with zero attached hydrogens (tertiary/aromatic N) is 4. The van der Waals surface area contributed by atoms with Gasteiger partial charge in [0.05, 0.1) is 19.0 Å². The van der Waals surface area contributed by atoms with Crippen LogP contribution in [0.4, 0.5) is 5.82 Å². The molecule has 10 heteroatoms. The zero-order valence-corrected chi connectivity index (χ0v) is 25.4. The van der Waals surface area contributed by atoms with Crippen LogP contribution in [0.2, 0.25) is 5.04 Å². The second kappa shape index (κ2) is 11.8. The number of aromatic nitrogens is 4. The molecule has 220 valence electrons. The fraction of sp³-hybridized carbons (Fsp3) is 0.273. The largest absolute Gasteiger partial charge is 0.405 e. The van der Waals surface area contributed by atoms with Crippen molar-refractivity contribution < 1.29 is 19.1 Å². The predicted molar refractivity (Wildman–Crippen MR) is 168 cm³/mol. The zero-order valence-electron chi connectivity index (χ0n) is 24.4. The van der Waals surface area contributed by atoms with E-state index in [-0.39, 0.29) is 17.6 Å². The highest BCUT2D eigenvalue weighted by molar-refractivity contribution is 6.99. The van der Waals surface area contributed by atoms with Gasteiger partial charge in [0.2, 0.25) is 0 Å². The average molecular weight is 594 g/mol. The highest BCUT2D eigenvalue weighted by Gasteiger charge is 2.51. The lowest BCUT2D eigenvalue weighted by molar-refractivity contribution is -0.0398. The van der Waals surface area contributed by atoms with E-state index in [1.54, 1.807) is 35.2 Å². The van der Waals surface area contributed by atoms with Crippen molar-refractivity contribution in [1.82, 2.24) is 19.5 Å². The molecule has 3 aromatic carbocycles. The third-order valence-corrected chi connectivity index (χ3v) is 13.0. The first-order chi connectivity index (χ1) is 20.8. The van der Waals surface area contributed by atoms with Gasteiger partial charge in [-0.3, -0.25) is 9.36 Å². The number of ether oxygens (including phenoxy) is 1. The number of imidazole rings is 1. The van der Waals surface area contributed by atoms with E-state index in [9.17, 15) is 9.90 Å². The van der Waals surface area contributed by atoms with Crippen LogP contribution in [0.15, 0.2) is 104 Å². The summed E-state index contributed by atoms with van der Waals surface area (Å²) in [5.41, 5.74) is 1.46. The Bertz CT molecular complexity index is 1650. The molecule has 43 heavy (non-hydrogen) atoms. The number of fused-ring (bicyclic) bond motifs is 1. The molecular weight excluding hydrogens is 558 g/mol. The highest BCUT2D eigenvalue weighted by atomic mass is 28.4. The summed E-state index contributed by atoms with van der Waals surface area (Å²) in [5, 5.41) is 16.1. The molecule has 1 saturated heterocycles. The summed E-state index contributed by atoms with van der Waals surface area (Å²) in [4.78, 5) is 25.9. The molecule has 2 N–H and O–H groups in total. The summed E-state index contributed by atoms with van der Waals surface area (Å²) in [6.45, 7) is 6.89. The average Bonchev–Trinajstić information content (AvgIpc) is 3.62. The van der Waals surface area contributed by atoms with Gasteiger partial charge in [-0.05, 0) is 27.5 Å². The van der Waals surface area contributed by atoms with Crippen LogP contribution in [-0.4, -0.2) is 57.7 Å². The van der Waals surface area contributed by atoms with E-state index in [4.69, 9.17) is 9.16 Å². The number of anilines is 1. The van der Waals surface area contributed by atoms with Crippen molar-refractivity contribution >= 4 is 41.6 Å². The molecule has 0 unspecified atom stereocenters. The first-order valence-electron chi connectivity index (χ1n) is 14.4. The number of hydrogen-bond acceptors (Lipinski definition) is 7. The minimum absolute atomic E-state index is 0.198. The Morgan fingerprint density at radius 3 is 2.16 bits per heavy atom. The molecule has 0 radical (unpaired) electrons. The fourth-order valence-electron chi connectivity index (χ4n) is 5.93. The number of carbonyl (C=O) groups excluding carboxylic acids is 1. The van der Waals surface area contributed by atoms with Crippen molar-refractivity contribution in [3.8, 4) is 0 Å². The van der Waals surface area contributed by atoms with Crippen LogP contribution in [0, 0.1) is 0 Å². The summed E-state index contributed by atoms with van der Waals surface area (Å²) < 4.78 is 15.2. The molecule has 1 aliphatic heterocycles. The summed E-state index contributed by atoms with van der Waals surface area (Å²) in [5.74, 6) is 0.0194. The summed E-state index contributed by atoms with van der Waals surface area (Å²) in [7, 11) is -2.80. The number of nitrogens with one attached hydrogen (secondary N) is 1. The van der Waals surface area contributed by atoms with E-state index >= 15 is 0 Å². The lowest BCUT2D eigenvalue weighted by Crippen LogP contribution is -2.67. The Kier molecular flexibility index (Phi) is 7.93. The normalized spacial score (nSPS) is 19.0. The Morgan fingerprint density at radius 2 is 1.56 bits per heavy atom. The minimum atomic E-state index is -2.80. The van der Waals surface area contributed by atoms with Crippen molar-refractivity contribution in [3.05, 3.63) is 109 Å². The van der Waals surface area contributed by atoms with Gasteiger partial charge in [0.25, 0.3) is 14.2 Å². The molecule has 3 atom stereocenters. The number of carbonyl (C=O) groups is 1. The van der Waals surface area contributed by atoms with Crippen molar-refractivity contribution in [1.29, 1.82) is 0 Å². The van der Waals surface area contributed by atoms with Gasteiger partial charge in [0.15, 0.2) is 17.0 Å². The monoisotopic (exact) mass is 593 g/mol. The van der Waals surface area contributed by atoms with Gasteiger partial charge in [0.1, 0.15) is 18.7 Å². The maximum atomic E-state index is 12.8. The fourth-order valence-corrected chi connectivity index (χ4v) is 10.5. The van der Waals surface area contributed by atoms with E-state index < -0.39 is 26.8 Å². The molecule has 6 rings (SSSR count). The van der Waals surface area contributed by atoms with Gasteiger partial charge in [-0.25, -0.2) is 15.0 Å². The van der Waals surface area contributed by atoms with Crippen molar-refractivity contribution in [2.45, 2.75) is 50.7 Å². The Hall–Kier alpha value is -4.22. The van der Waals surface area contributed by atoms with E-state index in [0.717, 1.165) is 0 Å². The van der Waals surface area contributed by atoms with Crippen LogP contribution in [0.3, 0.4) is 0 Å². The van der Waals surface area contributed by atoms with E-state index in [2.05, 4.69) is 89.6 Å². The lowest BCUT2D eigenvalue weighted by atomic mass is 10.2. The number of benzene rings is 3. The molecule has 1 amide bonds. The molecular formula is C33H35N5O4Si. The number of aliphatic hydroxyl groups excluding tert-OH is 1. The third-order valence-electron chi connectivity index (χ3n) is 8.02. The molecule has 0 bridgehead atoms. The van der Waals surface area contributed by atoms with Crippen LogP contribution in [0.5, 0.6) is 0 Å². The standard InChI is InChI=1S/C33H35N5O4Si/c1-33(2,3)43(24-15-9-5-10-16-24,25-17-11-6-12-18-25)41-20-27-26(39)19-28(42-27)38-22-36-29-30(34-21-35-31(29)38)37-32(40)23-13-7-4-8-14-23/h4-18,21-22,26-28,39H,19-20H2,1-3H3,(H,34,35,37,40)/t26-,27+,28+/m0/s1. The Balaban J connectivity index is 1.24. The highest BCUT2D eigenvalue weighted by Crippen LogP contribution is 2.38. The molecule has 5 aromatic rings. The molecule has 0 spiro atoms. The number of rotatable bonds is 8. The van der Waals surface area contributed by atoms with Crippen LogP contribution in [-0.2, 0) is 9.16 Å². The number of amides is 1. The topological polar surface area (TPSA) is 111 Å². The Morgan fingerprint density at radius 1 is 0.953 bits per heavy atom. The maximum absolute atomic E-state index is 12.8. The van der Waals surface area contributed by atoms with Gasteiger partial charge in [-0.15, -0.1) is 0 Å². The van der Waals surface area contributed by atoms with Gasteiger partial charge in [-0.1, -0.05) is 99.6 Å². The molecule has 0 aliphatic carbocycles. The van der Waals surface area contributed by atoms with Crippen LogP contribution >= 0.6 is 0 Å². The molecule has 9 nitrogen and oxygen atoms in total. The van der Waals surface area contributed by atoms with Gasteiger partial charge in [0, 0.05) is 12.0 Å². The summed E-state index contributed by atoms with van der Waals surface area (Å²) >= 11 is 0. The third kappa shape index (κ3) is 5.50. The SMILES string of the molecule is CC(C)(C)[Si](OC[C@H]1O[C@@H](n2cnc3c(NC(=O)c4ccccc4)ncnc32)C[C@@H]1O)(c1ccccc1)c1ccccc1. The molecule has 1 fully saturated rings. The smallest absolute Gasteiger partial charge is 0.261 e. The zero-order chi connectivity index (χ0) is 30.0. The molecule has 1 aliphatic rings. The Labute approximate surface area is 251 Å². The first-order valence-corrected chi connectivity index (χ1v) is 16.3. The first kappa shape index (κ1) is 28.9. The second-order valence-corrected chi connectivity index (χ2v) is 16.1. The summed E-state index contributed by atoms with van der Waals surface area (Å²) in [6, 6.07) is 29.7. The molecule has 3 heterocycles. The van der Waals surface area contributed by atoms with Gasteiger partial charge in [-0.2, -0.15) is 0 Å². The van der Waals surface area contributed by atoms with Crippen molar-refractivity contribution in [3.63, 3.8) is 0 Å². The van der Waals surface area contributed by atoms with Crippen molar-refractivity contribution in [2.24, 2.45) is 0 Å². The lowest BCUT2D eigenvalue weighted by Gasteiger charge is -2.43. The number of hydrogen-bond donors (Lipinski definition) is 2. The quantitative estimate of drug-likeness (QED) is 0.258. The predicted octanol–water partition coefficient (Wildman–Crippen LogP) is 4.30. The minimum Gasteiger partial charge on any atom is -0.405 e. The van der Waals surface area contributed by atoms with Crippen molar-refractivity contribution in [2.75, 3.05) is 11.9 Å². The van der Waals surface area contributed by atoms with Crippen LogP contribution < -0.4 is 15.7 Å². The second-order valence-electron chi connectivity index (χ2n) is 11.8. The molecule has 0 saturated carbocycles. The number of aliphatic hydroxyl groups is 1. The van der Waals surface area contributed by atoms with Crippen LogP contribution in [0.1, 0.15) is 43.8 Å². The van der Waals surface area contributed by atoms with Gasteiger partial charge < -0.3 is 19.6 Å². The maximum Gasteiger partial charge on any atom is 0.261 e. The molecule has 2 aromatic heterocycles. The van der Waals surface area contributed by atoms with E-state index in [1.165, 1.54) is 16.7 Å². The van der Waals surface area contributed by atoms with E-state index in [0.29, 0.717) is 29.0 Å². The summed E-state index contributed by atoms with van der Waals surface area (Å²) in [6.07, 6.45) is 1.52. The van der Waals surface area contributed by atoms with Crippen LogP contribution in [0.25, 0.3) is 11.2 Å². The van der Waals surface area contributed by atoms with E-state index in [1.807, 2.05) is 18.2 Å². The van der Waals surface area contributed by atoms with Gasteiger partial charge >= 0.3 is 0 Å².